The Bertz CT molecular complexity index is 829. The van der Waals surface area contributed by atoms with E-state index in [0.717, 1.165) is 12.0 Å². The minimum atomic E-state index is -0.473. The first kappa shape index (κ1) is 16.5. The lowest BCUT2D eigenvalue weighted by molar-refractivity contribution is -0.136. The number of carbonyl (C=O) groups is 2. The number of hydrogen-bond donors (Lipinski definition) is 1. The van der Waals surface area contributed by atoms with Gasteiger partial charge < -0.3 is 10.2 Å². The molecule has 4 rings (SSSR count). The van der Waals surface area contributed by atoms with Crippen LogP contribution in [0.4, 0.5) is 5.69 Å². The Kier molecular flexibility index (Phi) is 4.21. The van der Waals surface area contributed by atoms with Crippen LogP contribution < -0.4 is 5.32 Å². The van der Waals surface area contributed by atoms with E-state index in [0.29, 0.717) is 22.9 Å². The number of halogens is 1. The van der Waals surface area contributed by atoms with E-state index >= 15 is 0 Å². The highest BCUT2D eigenvalue weighted by atomic mass is 35.5. The summed E-state index contributed by atoms with van der Waals surface area (Å²) in [5.41, 5.74) is 1.73. The molecule has 25 heavy (non-hydrogen) atoms. The van der Waals surface area contributed by atoms with Crippen molar-refractivity contribution in [3.63, 3.8) is 0 Å². The highest BCUT2D eigenvalue weighted by molar-refractivity contribution is 8.00. The van der Waals surface area contributed by atoms with Gasteiger partial charge in [0, 0.05) is 22.9 Å². The van der Waals surface area contributed by atoms with Gasteiger partial charge in [-0.15, -0.1) is 11.8 Å². The summed E-state index contributed by atoms with van der Waals surface area (Å²) >= 11 is 7.67. The van der Waals surface area contributed by atoms with Gasteiger partial charge in [-0.2, -0.15) is 0 Å². The van der Waals surface area contributed by atoms with E-state index in [-0.39, 0.29) is 11.8 Å². The first-order valence-electron chi connectivity index (χ1n) is 8.18. The number of rotatable bonds is 3. The number of benzene rings is 2. The monoisotopic (exact) mass is 372 g/mol. The highest BCUT2D eigenvalue weighted by Crippen LogP contribution is 2.54. The van der Waals surface area contributed by atoms with Crippen LogP contribution in [0.25, 0.3) is 0 Å². The normalized spacial score (nSPS) is 25.1. The molecule has 0 radical (unpaired) electrons. The van der Waals surface area contributed by atoms with Crippen LogP contribution in [0.1, 0.15) is 18.4 Å². The molecule has 0 spiro atoms. The maximum atomic E-state index is 12.8. The number of hydrogen-bond acceptors (Lipinski definition) is 3. The van der Waals surface area contributed by atoms with Crippen LogP contribution in [0.15, 0.2) is 54.6 Å². The second-order valence-electron chi connectivity index (χ2n) is 6.24. The summed E-state index contributed by atoms with van der Waals surface area (Å²) in [6, 6.07) is 16.6. The lowest BCUT2D eigenvalue weighted by Crippen LogP contribution is -2.48. The third kappa shape index (κ3) is 2.81. The fraction of sp³-hybridized carbons (Fsp3) is 0.263. The summed E-state index contributed by atoms with van der Waals surface area (Å²) in [6.07, 6.45) is 1.21. The van der Waals surface area contributed by atoms with Crippen molar-refractivity contribution in [2.45, 2.75) is 23.8 Å². The Morgan fingerprint density at radius 1 is 1.20 bits per heavy atom. The van der Waals surface area contributed by atoms with E-state index in [9.17, 15) is 9.59 Å². The Balaban J connectivity index is 1.62. The topological polar surface area (TPSA) is 49.4 Å². The average molecular weight is 373 g/mol. The molecule has 2 atom stereocenters. The van der Waals surface area contributed by atoms with Crippen molar-refractivity contribution in [1.29, 1.82) is 0 Å². The van der Waals surface area contributed by atoms with Crippen LogP contribution in [-0.2, 0) is 14.5 Å². The van der Waals surface area contributed by atoms with Crippen LogP contribution in [0.5, 0.6) is 0 Å². The maximum Gasteiger partial charge on any atom is 0.248 e. The summed E-state index contributed by atoms with van der Waals surface area (Å²) in [7, 11) is 0. The molecule has 2 heterocycles. The first-order chi connectivity index (χ1) is 12.1. The van der Waals surface area contributed by atoms with E-state index in [1.165, 1.54) is 0 Å². The van der Waals surface area contributed by atoms with Crippen molar-refractivity contribution in [1.82, 2.24) is 4.90 Å². The molecule has 2 aliphatic heterocycles. The molecule has 6 heteroatoms. The van der Waals surface area contributed by atoms with Crippen molar-refractivity contribution in [3.8, 4) is 0 Å². The molecular formula is C19H17ClN2O2S. The van der Waals surface area contributed by atoms with Crippen LogP contribution in [0.2, 0.25) is 5.02 Å². The van der Waals surface area contributed by atoms with Crippen molar-refractivity contribution < 1.29 is 9.59 Å². The lowest BCUT2D eigenvalue weighted by atomic mass is 10.0. The van der Waals surface area contributed by atoms with E-state index in [4.69, 9.17) is 11.6 Å². The van der Waals surface area contributed by atoms with Gasteiger partial charge in [0.2, 0.25) is 11.8 Å². The quantitative estimate of drug-likeness (QED) is 0.889. The van der Waals surface area contributed by atoms with Gasteiger partial charge >= 0.3 is 0 Å². The summed E-state index contributed by atoms with van der Waals surface area (Å²) in [4.78, 5) is 26.8. The van der Waals surface area contributed by atoms with Crippen LogP contribution in [0, 0.1) is 0 Å². The molecule has 0 aromatic heterocycles. The second-order valence-corrected chi connectivity index (χ2v) is 7.97. The Labute approximate surface area is 155 Å². The number of nitrogens with zero attached hydrogens (tertiary/aromatic N) is 1. The van der Waals surface area contributed by atoms with Gasteiger partial charge in [0.15, 0.2) is 0 Å². The van der Waals surface area contributed by atoms with Crippen LogP contribution in [-0.4, -0.2) is 28.5 Å². The first-order valence-corrected chi connectivity index (χ1v) is 9.55. The molecule has 2 aromatic carbocycles. The molecule has 2 amide bonds. The molecule has 2 aromatic rings. The summed E-state index contributed by atoms with van der Waals surface area (Å²) in [6.45, 7) is 0. The lowest BCUT2D eigenvalue weighted by Gasteiger charge is -2.34. The fourth-order valence-corrected chi connectivity index (χ4v) is 5.47. The molecular weight excluding hydrogens is 356 g/mol. The van der Waals surface area contributed by atoms with Gasteiger partial charge in [-0.05, 0) is 30.2 Å². The van der Waals surface area contributed by atoms with E-state index in [2.05, 4.69) is 5.32 Å². The third-order valence-electron chi connectivity index (χ3n) is 4.75. The number of thioether (sulfide) groups is 1. The third-order valence-corrected chi connectivity index (χ3v) is 6.58. The van der Waals surface area contributed by atoms with Crippen molar-refractivity contribution in [2.75, 3.05) is 11.1 Å². The fourth-order valence-electron chi connectivity index (χ4n) is 3.63. The van der Waals surface area contributed by atoms with E-state index < -0.39 is 10.9 Å². The van der Waals surface area contributed by atoms with Gasteiger partial charge in [0.05, 0.1) is 0 Å². The second kappa shape index (κ2) is 6.39. The van der Waals surface area contributed by atoms with E-state index in [1.54, 1.807) is 40.9 Å². The molecule has 4 nitrogen and oxygen atoms in total. The van der Waals surface area contributed by atoms with Crippen LogP contribution in [0.3, 0.4) is 0 Å². The largest absolute Gasteiger partial charge is 0.324 e. The highest BCUT2D eigenvalue weighted by Gasteiger charge is 2.56. The number of fused-ring (bicyclic) bond motifs is 1. The zero-order chi connectivity index (χ0) is 17.4. The van der Waals surface area contributed by atoms with Gasteiger partial charge in [-0.3, -0.25) is 9.59 Å². The molecule has 2 aliphatic rings. The zero-order valence-corrected chi connectivity index (χ0v) is 15.0. The Hall–Kier alpha value is -1.98. The number of carbonyl (C=O) groups excluding carboxylic acids is 2. The summed E-state index contributed by atoms with van der Waals surface area (Å²) in [5, 5.41) is 3.46. The van der Waals surface area contributed by atoms with Crippen molar-refractivity contribution in [2.24, 2.45) is 0 Å². The molecule has 2 saturated heterocycles. The predicted octanol–water partition coefficient (Wildman–Crippen LogP) is 3.87. The van der Waals surface area contributed by atoms with Gasteiger partial charge in [0.25, 0.3) is 0 Å². The summed E-state index contributed by atoms with van der Waals surface area (Å²) < 4.78 is 0. The number of anilines is 1. The molecule has 0 bridgehead atoms. The number of amides is 2. The average Bonchev–Trinajstić information content (AvgIpc) is 3.15. The SMILES string of the molecule is O=C(Nc1cccc(Cl)c1)[C@H]1CS[C@@]2(c3ccccc3)CCC(=O)N12. The molecule has 1 N–H and O–H groups in total. The van der Waals surface area contributed by atoms with Gasteiger partial charge in [0.1, 0.15) is 10.9 Å². The van der Waals surface area contributed by atoms with Gasteiger partial charge in [-0.1, -0.05) is 48.0 Å². The Morgan fingerprint density at radius 2 is 2.00 bits per heavy atom. The smallest absolute Gasteiger partial charge is 0.248 e. The predicted molar refractivity (Wildman–Crippen MR) is 101 cm³/mol. The van der Waals surface area contributed by atoms with E-state index in [1.807, 2.05) is 30.3 Å². The van der Waals surface area contributed by atoms with Crippen molar-refractivity contribution >= 4 is 40.9 Å². The minimum Gasteiger partial charge on any atom is -0.324 e. The van der Waals surface area contributed by atoms with Gasteiger partial charge in [-0.25, -0.2) is 0 Å². The standard InChI is InChI=1S/C19H17ClN2O2S/c20-14-7-4-8-15(11-14)21-18(24)16-12-25-19(10-9-17(23)22(16)19)13-5-2-1-3-6-13/h1-8,11,16H,9-10,12H2,(H,21,24)/t16-,19-/m1/s1. The summed E-state index contributed by atoms with van der Waals surface area (Å²) in [5.74, 6) is 0.468. The maximum absolute atomic E-state index is 12.8. The molecule has 128 valence electrons. The minimum absolute atomic E-state index is 0.0418. The molecule has 0 aliphatic carbocycles. The number of nitrogens with one attached hydrogen (secondary N) is 1. The molecule has 0 unspecified atom stereocenters. The van der Waals surface area contributed by atoms with Crippen molar-refractivity contribution in [3.05, 3.63) is 65.2 Å². The zero-order valence-electron chi connectivity index (χ0n) is 13.4. The molecule has 2 fully saturated rings. The molecule has 0 saturated carbocycles. The van der Waals surface area contributed by atoms with Crippen LogP contribution >= 0.6 is 23.4 Å². The Morgan fingerprint density at radius 3 is 2.76 bits per heavy atom.